The van der Waals surface area contributed by atoms with Gasteiger partial charge in [0.15, 0.2) is 0 Å². The number of aromatic nitrogens is 2. The van der Waals surface area contributed by atoms with Crippen LogP contribution in [0.15, 0.2) is 24.3 Å². The van der Waals surface area contributed by atoms with Crippen LogP contribution in [0.4, 0.5) is 20.3 Å². The summed E-state index contributed by atoms with van der Waals surface area (Å²) in [5.74, 6) is -2.84. The molecule has 2 aromatic rings. The average molecular weight is 360 g/mol. The molecule has 2 aliphatic rings. The Balaban J connectivity index is 1.57. The van der Waals surface area contributed by atoms with Crippen LogP contribution in [0, 0.1) is 0 Å². The van der Waals surface area contributed by atoms with Crippen molar-refractivity contribution in [3.8, 4) is 6.01 Å². The Morgan fingerprint density at radius 2 is 1.92 bits per heavy atom. The highest BCUT2D eigenvalue weighted by atomic mass is 19.3. The number of nitrogens with zero attached hydrogens (tertiary/aromatic N) is 3. The first kappa shape index (κ1) is 16.7. The van der Waals surface area contributed by atoms with Crippen molar-refractivity contribution >= 4 is 17.4 Å². The number of hydrogen-bond acceptors (Lipinski definition) is 5. The molecule has 1 aliphatic carbocycles. The Morgan fingerprint density at radius 3 is 2.54 bits per heavy atom. The number of anilines is 2. The Kier molecular flexibility index (Phi) is 3.78. The lowest BCUT2D eigenvalue weighted by Gasteiger charge is -2.35. The molecule has 26 heavy (non-hydrogen) atoms. The normalized spacial score (nSPS) is 19.0. The van der Waals surface area contributed by atoms with Crippen molar-refractivity contribution in [2.45, 2.75) is 31.1 Å². The molecule has 2 N–H and O–H groups in total. The third kappa shape index (κ3) is 2.75. The number of alkyl halides is 2. The number of hydrogen-bond donors (Lipinski definition) is 1. The molecule has 2 heterocycles. The number of amides is 1. The van der Waals surface area contributed by atoms with Crippen LogP contribution in [0.1, 0.15) is 40.4 Å². The SMILES string of the molecule is COc1nc(N)c2c(n1)CCN(c1ccc(C3CC(F)(F)C3)cc1)C2=O. The lowest BCUT2D eigenvalue weighted by molar-refractivity contribution is -0.0867. The second kappa shape index (κ2) is 5.89. The first-order chi connectivity index (χ1) is 12.4. The van der Waals surface area contributed by atoms with Crippen molar-refractivity contribution in [1.82, 2.24) is 9.97 Å². The third-order valence-corrected chi connectivity index (χ3v) is 4.97. The molecule has 0 unspecified atom stereocenters. The predicted molar refractivity (Wildman–Crippen MR) is 91.7 cm³/mol. The van der Waals surface area contributed by atoms with Gasteiger partial charge in [0, 0.05) is 31.5 Å². The summed E-state index contributed by atoms with van der Waals surface area (Å²) in [6, 6.07) is 7.34. The van der Waals surface area contributed by atoms with Crippen LogP contribution in [0.25, 0.3) is 0 Å². The molecular weight excluding hydrogens is 342 g/mol. The van der Waals surface area contributed by atoms with Gasteiger partial charge in [-0.05, 0) is 23.6 Å². The van der Waals surface area contributed by atoms with Gasteiger partial charge >= 0.3 is 6.01 Å². The predicted octanol–water partition coefficient (Wildman–Crippen LogP) is 2.78. The summed E-state index contributed by atoms with van der Waals surface area (Å²) in [6.45, 7) is 0.451. The van der Waals surface area contributed by atoms with Crippen molar-refractivity contribution in [3.63, 3.8) is 0 Å². The van der Waals surface area contributed by atoms with Gasteiger partial charge in [-0.25, -0.2) is 8.78 Å². The number of ether oxygens (including phenoxy) is 1. The van der Waals surface area contributed by atoms with Crippen molar-refractivity contribution in [2.24, 2.45) is 0 Å². The fourth-order valence-electron chi connectivity index (χ4n) is 3.53. The van der Waals surface area contributed by atoms with Gasteiger partial charge in [0.05, 0.1) is 12.8 Å². The number of nitrogens with two attached hydrogens (primary N) is 1. The second-order valence-electron chi connectivity index (χ2n) is 6.68. The van der Waals surface area contributed by atoms with E-state index < -0.39 is 5.92 Å². The zero-order valence-corrected chi connectivity index (χ0v) is 14.2. The molecule has 0 atom stereocenters. The van der Waals surface area contributed by atoms with Crippen LogP contribution in [-0.4, -0.2) is 35.5 Å². The number of benzene rings is 1. The van der Waals surface area contributed by atoms with E-state index in [-0.39, 0.29) is 36.5 Å². The van der Waals surface area contributed by atoms with Gasteiger partial charge in [0.2, 0.25) is 5.92 Å². The summed E-state index contributed by atoms with van der Waals surface area (Å²) < 4.78 is 31.1. The largest absolute Gasteiger partial charge is 0.467 e. The number of rotatable bonds is 3. The lowest BCUT2D eigenvalue weighted by Crippen LogP contribution is -2.39. The van der Waals surface area contributed by atoms with Crippen LogP contribution < -0.4 is 15.4 Å². The maximum atomic E-state index is 13.0. The van der Waals surface area contributed by atoms with Gasteiger partial charge in [-0.2, -0.15) is 9.97 Å². The van der Waals surface area contributed by atoms with E-state index in [1.165, 1.54) is 7.11 Å². The molecule has 0 saturated heterocycles. The van der Waals surface area contributed by atoms with E-state index in [1.54, 1.807) is 17.0 Å². The monoisotopic (exact) mass is 360 g/mol. The van der Waals surface area contributed by atoms with Crippen LogP contribution in [-0.2, 0) is 6.42 Å². The van der Waals surface area contributed by atoms with E-state index in [1.807, 2.05) is 12.1 Å². The van der Waals surface area contributed by atoms with Crippen LogP contribution in [0.2, 0.25) is 0 Å². The number of carbonyl (C=O) groups is 1. The quantitative estimate of drug-likeness (QED) is 0.910. The molecule has 1 amide bonds. The van der Waals surface area contributed by atoms with E-state index in [0.717, 1.165) is 5.56 Å². The molecule has 1 saturated carbocycles. The highest BCUT2D eigenvalue weighted by molar-refractivity contribution is 6.10. The summed E-state index contributed by atoms with van der Waals surface area (Å²) in [5.41, 5.74) is 8.35. The second-order valence-corrected chi connectivity index (χ2v) is 6.68. The Hall–Kier alpha value is -2.77. The number of nitrogen functional groups attached to an aromatic ring is 1. The van der Waals surface area contributed by atoms with Gasteiger partial charge in [-0.1, -0.05) is 12.1 Å². The molecule has 1 fully saturated rings. The summed E-state index contributed by atoms with van der Waals surface area (Å²) in [5, 5.41) is 0. The van der Waals surface area contributed by atoms with Crippen molar-refractivity contribution in [2.75, 3.05) is 24.3 Å². The molecule has 136 valence electrons. The van der Waals surface area contributed by atoms with Crippen LogP contribution in [0.5, 0.6) is 6.01 Å². The molecule has 1 aromatic heterocycles. The fourth-order valence-corrected chi connectivity index (χ4v) is 3.53. The molecule has 0 radical (unpaired) electrons. The molecule has 0 bridgehead atoms. The Morgan fingerprint density at radius 1 is 1.23 bits per heavy atom. The standard InChI is InChI=1S/C18H18F2N4O2/c1-26-17-22-13-6-7-24(16(25)14(13)15(21)23-17)12-4-2-10(3-5-12)11-8-18(19,20)9-11/h2-5,11H,6-9H2,1H3,(H2,21,22,23). The molecule has 8 heteroatoms. The fraction of sp³-hybridized carbons (Fsp3) is 0.389. The van der Waals surface area contributed by atoms with Gasteiger partial charge in [-0.3, -0.25) is 4.79 Å². The summed E-state index contributed by atoms with van der Waals surface area (Å²) in [6.07, 6.45) is 0.302. The number of fused-ring (bicyclic) bond motifs is 1. The van der Waals surface area contributed by atoms with E-state index in [0.29, 0.717) is 29.9 Å². The Labute approximate surface area is 149 Å². The lowest BCUT2D eigenvalue weighted by atomic mass is 9.77. The van der Waals surface area contributed by atoms with E-state index >= 15 is 0 Å². The molecule has 0 spiro atoms. The average Bonchev–Trinajstić information content (AvgIpc) is 2.59. The maximum absolute atomic E-state index is 13.0. The van der Waals surface area contributed by atoms with Gasteiger partial charge in [-0.15, -0.1) is 0 Å². The smallest absolute Gasteiger partial charge is 0.318 e. The van der Waals surface area contributed by atoms with Gasteiger partial charge < -0.3 is 15.4 Å². The van der Waals surface area contributed by atoms with E-state index in [4.69, 9.17) is 10.5 Å². The molecule has 1 aromatic carbocycles. The maximum Gasteiger partial charge on any atom is 0.318 e. The van der Waals surface area contributed by atoms with Gasteiger partial charge in [0.25, 0.3) is 5.91 Å². The first-order valence-electron chi connectivity index (χ1n) is 8.38. The number of carbonyl (C=O) groups excluding carboxylic acids is 1. The minimum absolute atomic E-state index is 0.0925. The summed E-state index contributed by atoms with van der Waals surface area (Å²) >= 11 is 0. The van der Waals surface area contributed by atoms with Crippen LogP contribution >= 0.6 is 0 Å². The topological polar surface area (TPSA) is 81.3 Å². The van der Waals surface area contributed by atoms with Crippen LogP contribution in [0.3, 0.4) is 0 Å². The molecule has 6 nitrogen and oxygen atoms in total. The zero-order valence-electron chi connectivity index (χ0n) is 14.2. The highest BCUT2D eigenvalue weighted by Crippen LogP contribution is 2.48. The molecule has 1 aliphatic heterocycles. The minimum Gasteiger partial charge on any atom is -0.467 e. The van der Waals surface area contributed by atoms with E-state index in [9.17, 15) is 13.6 Å². The number of halogens is 2. The zero-order chi connectivity index (χ0) is 18.5. The number of methoxy groups -OCH3 is 1. The summed E-state index contributed by atoms with van der Waals surface area (Å²) in [7, 11) is 1.44. The van der Waals surface area contributed by atoms with Crippen molar-refractivity contribution in [1.29, 1.82) is 0 Å². The highest BCUT2D eigenvalue weighted by Gasteiger charge is 2.45. The first-order valence-corrected chi connectivity index (χ1v) is 8.38. The Bertz CT molecular complexity index is 862. The van der Waals surface area contributed by atoms with E-state index in [2.05, 4.69) is 9.97 Å². The van der Waals surface area contributed by atoms with Crippen molar-refractivity contribution < 1.29 is 18.3 Å². The minimum atomic E-state index is -2.55. The van der Waals surface area contributed by atoms with Crippen molar-refractivity contribution in [3.05, 3.63) is 41.1 Å². The third-order valence-electron chi connectivity index (χ3n) is 4.97. The van der Waals surface area contributed by atoms with Gasteiger partial charge in [0.1, 0.15) is 11.4 Å². The summed E-state index contributed by atoms with van der Waals surface area (Å²) in [4.78, 5) is 22.6. The molecule has 4 rings (SSSR count). The molecular formula is C18H18F2N4O2.